The van der Waals surface area contributed by atoms with E-state index in [0.717, 1.165) is 26.3 Å². The number of aryl methyl sites for hydroxylation is 1. The zero-order valence-electron chi connectivity index (χ0n) is 10.7. The minimum absolute atomic E-state index is 0.0525. The molecule has 19 heavy (non-hydrogen) atoms. The maximum absolute atomic E-state index is 6.09. The van der Waals surface area contributed by atoms with Gasteiger partial charge in [0.2, 0.25) is 6.79 Å². The highest BCUT2D eigenvalue weighted by atomic mass is 127. The van der Waals surface area contributed by atoms with Crippen LogP contribution in [-0.2, 0) is 0 Å². The first kappa shape index (κ1) is 12.6. The second kappa shape index (κ2) is 4.59. The first-order valence-electron chi connectivity index (χ1n) is 5.97. The Kier molecular flexibility index (Phi) is 3.04. The van der Waals surface area contributed by atoms with Crippen molar-refractivity contribution in [2.75, 3.05) is 12.5 Å². The van der Waals surface area contributed by atoms with E-state index in [1.165, 1.54) is 0 Å². The molecule has 1 aliphatic rings. The van der Waals surface area contributed by atoms with Crippen molar-refractivity contribution in [3.8, 4) is 11.5 Å². The molecule has 0 saturated heterocycles. The lowest BCUT2D eigenvalue weighted by molar-refractivity contribution is 0.174. The average Bonchev–Trinajstić information content (AvgIpc) is 2.97. The molecule has 1 aromatic carbocycles. The van der Waals surface area contributed by atoms with E-state index in [0.29, 0.717) is 5.82 Å². The summed E-state index contributed by atoms with van der Waals surface area (Å²) in [7, 11) is 0. The molecule has 1 aliphatic heterocycles. The summed E-state index contributed by atoms with van der Waals surface area (Å²) in [4.78, 5) is 0. The summed E-state index contributed by atoms with van der Waals surface area (Å²) >= 11 is 2.22. The van der Waals surface area contributed by atoms with Crippen LogP contribution in [0, 0.1) is 10.5 Å². The minimum Gasteiger partial charge on any atom is -0.454 e. The molecule has 2 aromatic rings. The van der Waals surface area contributed by atoms with E-state index in [-0.39, 0.29) is 12.8 Å². The highest BCUT2D eigenvalue weighted by molar-refractivity contribution is 14.1. The molecule has 0 amide bonds. The van der Waals surface area contributed by atoms with Crippen LogP contribution >= 0.6 is 22.6 Å². The van der Waals surface area contributed by atoms with Gasteiger partial charge in [-0.25, -0.2) is 4.68 Å². The van der Waals surface area contributed by atoms with Gasteiger partial charge in [0.25, 0.3) is 0 Å². The number of nitrogens with two attached hydrogens (primary N) is 1. The van der Waals surface area contributed by atoms with Crippen LogP contribution in [0.4, 0.5) is 5.82 Å². The quantitative estimate of drug-likeness (QED) is 0.825. The molecule has 0 fully saturated rings. The Bertz CT molecular complexity index is 639. The zero-order chi connectivity index (χ0) is 13.6. The second-order valence-corrected chi connectivity index (χ2v) is 5.60. The van der Waals surface area contributed by atoms with Crippen LogP contribution in [0.15, 0.2) is 18.2 Å². The van der Waals surface area contributed by atoms with Crippen molar-refractivity contribution in [2.24, 2.45) is 0 Å². The summed E-state index contributed by atoms with van der Waals surface area (Å²) in [6, 6.07) is 5.97. The first-order valence-corrected chi connectivity index (χ1v) is 7.05. The number of anilines is 1. The van der Waals surface area contributed by atoms with Crippen LogP contribution in [0.25, 0.3) is 0 Å². The van der Waals surface area contributed by atoms with Gasteiger partial charge in [0.15, 0.2) is 11.5 Å². The largest absolute Gasteiger partial charge is 0.454 e. The van der Waals surface area contributed by atoms with Gasteiger partial charge in [0, 0.05) is 0 Å². The molecule has 1 atom stereocenters. The number of fused-ring (bicyclic) bond motifs is 1. The number of nitrogen functional groups attached to an aromatic ring is 1. The number of ether oxygens (including phenoxy) is 2. The summed E-state index contributed by atoms with van der Waals surface area (Å²) < 4.78 is 13.6. The molecule has 0 spiro atoms. The summed E-state index contributed by atoms with van der Waals surface area (Å²) in [5.74, 6) is 2.26. The molecule has 0 aliphatic carbocycles. The van der Waals surface area contributed by atoms with Gasteiger partial charge in [0.1, 0.15) is 5.82 Å². The van der Waals surface area contributed by atoms with Gasteiger partial charge in [-0.1, -0.05) is 6.07 Å². The molecular formula is C13H14IN3O2. The van der Waals surface area contributed by atoms with Crippen LogP contribution in [0.5, 0.6) is 11.5 Å². The van der Waals surface area contributed by atoms with Gasteiger partial charge in [0.05, 0.1) is 15.3 Å². The minimum atomic E-state index is 0.0525. The Morgan fingerprint density at radius 2 is 2.11 bits per heavy atom. The van der Waals surface area contributed by atoms with Crippen molar-refractivity contribution in [1.82, 2.24) is 9.78 Å². The van der Waals surface area contributed by atoms with Gasteiger partial charge < -0.3 is 15.2 Å². The van der Waals surface area contributed by atoms with E-state index >= 15 is 0 Å². The fourth-order valence-corrected chi connectivity index (χ4v) is 2.51. The van der Waals surface area contributed by atoms with Crippen molar-refractivity contribution >= 4 is 28.4 Å². The average molecular weight is 371 g/mol. The lowest BCUT2D eigenvalue weighted by atomic mass is 10.1. The van der Waals surface area contributed by atoms with Gasteiger partial charge >= 0.3 is 0 Å². The molecule has 2 heterocycles. The number of hydrogen-bond acceptors (Lipinski definition) is 4. The maximum atomic E-state index is 6.09. The molecule has 5 nitrogen and oxygen atoms in total. The van der Waals surface area contributed by atoms with E-state index in [2.05, 4.69) is 34.6 Å². The number of rotatable bonds is 2. The predicted molar refractivity (Wildman–Crippen MR) is 80.5 cm³/mol. The van der Waals surface area contributed by atoms with E-state index in [4.69, 9.17) is 15.2 Å². The Morgan fingerprint density at radius 3 is 2.79 bits per heavy atom. The second-order valence-electron chi connectivity index (χ2n) is 4.52. The van der Waals surface area contributed by atoms with Crippen molar-refractivity contribution in [3.05, 3.63) is 33.0 Å². The van der Waals surface area contributed by atoms with E-state index in [9.17, 15) is 0 Å². The van der Waals surface area contributed by atoms with Crippen LogP contribution in [0.2, 0.25) is 0 Å². The topological polar surface area (TPSA) is 62.3 Å². The summed E-state index contributed by atoms with van der Waals surface area (Å²) in [6.45, 7) is 4.31. The third-order valence-electron chi connectivity index (χ3n) is 3.29. The molecule has 3 rings (SSSR count). The van der Waals surface area contributed by atoms with E-state index in [1.54, 1.807) is 0 Å². The number of nitrogens with zero attached hydrogens (tertiary/aromatic N) is 2. The molecule has 0 saturated carbocycles. The van der Waals surface area contributed by atoms with Gasteiger partial charge in [-0.2, -0.15) is 5.10 Å². The maximum Gasteiger partial charge on any atom is 0.231 e. The van der Waals surface area contributed by atoms with E-state index < -0.39 is 0 Å². The molecule has 1 unspecified atom stereocenters. The molecule has 6 heteroatoms. The summed E-state index contributed by atoms with van der Waals surface area (Å²) in [5, 5.41) is 4.49. The molecule has 100 valence electrons. The van der Waals surface area contributed by atoms with Gasteiger partial charge in [-0.05, 0) is 54.1 Å². The lowest BCUT2D eigenvalue weighted by Crippen LogP contribution is -2.11. The Balaban J connectivity index is 1.99. The van der Waals surface area contributed by atoms with Crippen LogP contribution in [0.3, 0.4) is 0 Å². The van der Waals surface area contributed by atoms with Crippen LogP contribution in [-0.4, -0.2) is 16.6 Å². The fraction of sp³-hybridized carbons (Fsp3) is 0.308. The van der Waals surface area contributed by atoms with Crippen molar-refractivity contribution in [3.63, 3.8) is 0 Å². The van der Waals surface area contributed by atoms with Crippen molar-refractivity contribution in [1.29, 1.82) is 0 Å². The Morgan fingerprint density at radius 1 is 1.37 bits per heavy atom. The van der Waals surface area contributed by atoms with Gasteiger partial charge in [-0.15, -0.1) is 0 Å². The van der Waals surface area contributed by atoms with Crippen LogP contribution < -0.4 is 15.2 Å². The number of halogens is 1. The molecular weight excluding hydrogens is 357 g/mol. The van der Waals surface area contributed by atoms with Crippen molar-refractivity contribution < 1.29 is 9.47 Å². The smallest absolute Gasteiger partial charge is 0.231 e. The third kappa shape index (κ3) is 2.03. The van der Waals surface area contributed by atoms with Gasteiger partial charge in [-0.3, -0.25) is 0 Å². The highest BCUT2D eigenvalue weighted by Crippen LogP contribution is 2.35. The van der Waals surface area contributed by atoms with Crippen molar-refractivity contribution in [2.45, 2.75) is 19.9 Å². The van der Waals surface area contributed by atoms with E-state index in [1.807, 2.05) is 29.8 Å². The summed E-state index contributed by atoms with van der Waals surface area (Å²) in [6.07, 6.45) is 0. The zero-order valence-corrected chi connectivity index (χ0v) is 12.8. The predicted octanol–water partition coefficient (Wildman–Crippen LogP) is 2.72. The monoisotopic (exact) mass is 371 g/mol. The van der Waals surface area contributed by atoms with Crippen LogP contribution in [0.1, 0.15) is 24.2 Å². The molecule has 1 aromatic heterocycles. The number of benzene rings is 1. The normalized spacial score (nSPS) is 14.7. The SMILES string of the molecule is Cc1nn(C(C)c2ccc3c(c2)OCO3)c(N)c1I. The number of hydrogen-bond donors (Lipinski definition) is 1. The molecule has 2 N–H and O–H groups in total. The fourth-order valence-electron chi connectivity index (χ4n) is 2.15. The Hall–Kier alpha value is -1.44. The first-order chi connectivity index (χ1) is 9.08. The molecule has 0 radical (unpaired) electrons. The Labute approximate surface area is 124 Å². The third-order valence-corrected chi connectivity index (χ3v) is 4.63. The summed E-state index contributed by atoms with van der Waals surface area (Å²) in [5.41, 5.74) is 8.13. The highest BCUT2D eigenvalue weighted by Gasteiger charge is 2.19. The standard InChI is InChI=1S/C13H14IN3O2/c1-7-12(14)13(15)17(16-7)8(2)9-3-4-10-11(5-9)19-6-18-10/h3-5,8H,6,15H2,1-2H3. The molecule has 0 bridgehead atoms. The number of aromatic nitrogens is 2. The lowest BCUT2D eigenvalue weighted by Gasteiger charge is -2.14.